The van der Waals surface area contributed by atoms with E-state index < -0.39 is 17.7 Å². The van der Waals surface area contributed by atoms with Crippen molar-refractivity contribution in [2.24, 2.45) is 0 Å². The molecule has 184 valence electrons. The van der Waals surface area contributed by atoms with Crippen LogP contribution in [-0.2, 0) is 22.7 Å². The highest BCUT2D eigenvalue weighted by Crippen LogP contribution is 2.40. The molecule has 0 saturated carbocycles. The number of aryl methyl sites for hydroxylation is 1. The van der Waals surface area contributed by atoms with Crippen molar-refractivity contribution < 1.29 is 19.4 Å². The number of rotatable bonds is 7. The Morgan fingerprint density at radius 1 is 0.919 bits per heavy atom. The Hall–Kier alpha value is -4.71. The van der Waals surface area contributed by atoms with Crippen LogP contribution in [0.4, 0.5) is 0 Å². The highest BCUT2D eigenvalue weighted by atomic mass is 16.5. The first-order chi connectivity index (χ1) is 18.0. The fourth-order valence-corrected chi connectivity index (χ4v) is 4.55. The molecule has 1 aromatic heterocycles. The van der Waals surface area contributed by atoms with E-state index in [4.69, 9.17) is 4.74 Å². The second-order valence-electron chi connectivity index (χ2n) is 9.00. The molecule has 0 unspecified atom stereocenters. The van der Waals surface area contributed by atoms with Gasteiger partial charge in [0, 0.05) is 24.5 Å². The molecule has 3 aromatic carbocycles. The minimum Gasteiger partial charge on any atom is -0.507 e. The van der Waals surface area contributed by atoms with Gasteiger partial charge in [0.25, 0.3) is 11.7 Å². The number of aromatic nitrogens is 1. The van der Waals surface area contributed by atoms with Crippen molar-refractivity contribution >= 4 is 17.4 Å². The summed E-state index contributed by atoms with van der Waals surface area (Å²) in [6, 6.07) is 27.1. The Bertz CT molecular complexity index is 1450. The van der Waals surface area contributed by atoms with Crippen LogP contribution in [0.2, 0.25) is 0 Å². The molecule has 1 aliphatic heterocycles. The zero-order valence-electron chi connectivity index (χ0n) is 20.4. The lowest BCUT2D eigenvalue weighted by atomic mass is 9.95. The average Bonchev–Trinajstić information content (AvgIpc) is 3.18. The lowest BCUT2D eigenvalue weighted by Gasteiger charge is -2.25. The van der Waals surface area contributed by atoms with Crippen molar-refractivity contribution in [2.45, 2.75) is 26.1 Å². The Kier molecular flexibility index (Phi) is 6.81. The van der Waals surface area contributed by atoms with Crippen molar-refractivity contribution in [3.05, 3.63) is 137 Å². The maximum Gasteiger partial charge on any atom is 0.295 e. The van der Waals surface area contributed by atoms with Crippen LogP contribution in [0.15, 0.2) is 109 Å². The Morgan fingerprint density at radius 3 is 2.38 bits per heavy atom. The minimum absolute atomic E-state index is 0.0634. The first-order valence-corrected chi connectivity index (χ1v) is 12.0. The van der Waals surface area contributed by atoms with Gasteiger partial charge < -0.3 is 14.7 Å². The molecule has 4 aromatic rings. The molecule has 6 nitrogen and oxygen atoms in total. The molecule has 1 amide bonds. The predicted molar refractivity (Wildman–Crippen MR) is 140 cm³/mol. The maximum atomic E-state index is 13.2. The lowest BCUT2D eigenvalue weighted by molar-refractivity contribution is -0.140. The standard InChI is InChI=1S/C31H26N2O4/c1-21-7-5-8-22(17-21)20-37-26-14-12-25(13-15-26)29(34)27-28(24-10-3-2-4-11-24)33(31(36)30(27)35)19-23-9-6-16-32-18-23/h2-18,28,34H,19-20H2,1H3/t28-/m1/s1. The van der Waals surface area contributed by atoms with E-state index in [1.807, 2.05) is 61.5 Å². The number of pyridine rings is 1. The Balaban J connectivity index is 1.45. The number of aliphatic hydroxyl groups excluding tert-OH is 1. The molecule has 0 aliphatic carbocycles. The van der Waals surface area contributed by atoms with E-state index >= 15 is 0 Å². The van der Waals surface area contributed by atoms with E-state index in [1.54, 1.807) is 42.7 Å². The van der Waals surface area contributed by atoms with Gasteiger partial charge in [0.15, 0.2) is 0 Å². The number of nitrogens with zero attached hydrogens (tertiary/aromatic N) is 2. The second kappa shape index (κ2) is 10.5. The van der Waals surface area contributed by atoms with E-state index in [2.05, 4.69) is 11.1 Å². The second-order valence-corrected chi connectivity index (χ2v) is 9.00. The zero-order valence-corrected chi connectivity index (χ0v) is 20.4. The third-order valence-electron chi connectivity index (χ3n) is 6.35. The smallest absolute Gasteiger partial charge is 0.295 e. The molecular formula is C31H26N2O4. The monoisotopic (exact) mass is 490 g/mol. The molecule has 1 atom stereocenters. The number of ketones is 1. The third-order valence-corrected chi connectivity index (χ3v) is 6.35. The average molecular weight is 491 g/mol. The summed E-state index contributed by atoms with van der Waals surface area (Å²) in [6.07, 6.45) is 3.32. The fourth-order valence-electron chi connectivity index (χ4n) is 4.55. The highest BCUT2D eigenvalue weighted by Gasteiger charge is 2.46. The molecule has 0 bridgehead atoms. The van der Waals surface area contributed by atoms with Crippen LogP contribution in [0, 0.1) is 6.92 Å². The molecule has 1 saturated heterocycles. The van der Waals surface area contributed by atoms with Crippen LogP contribution >= 0.6 is 0 Å². The SMILES string of the molecule is Cc1cccc(COc2ccc(C(O)=C3C(=O)C(=O)N(Cc4cccnc4)[C@@H]3c3ccccc3)cc2)c1. The van der Waals surface area contributed by atoms with Crippen LogP contribution in [0.25, 0.3) is 5.76 Å². The number of Topliss-reactive ketones (excluding diaryl/α,β-unsaturated/α-hetero) is 1. The van der Waals surface area contributed by atoms with E-state index in [9.17, 15) is 14.7 Å². The summed E-state index contributed by atoms with van der Waals surface area (Å²) in [5.74, 6) is -0.951. The molecule has 2 heterocycles. The molecule has 1 N–H and O–H groups in total. The van der Waals surface area contributed by atoms with Crippen LogP contribution in [0.1, 0.15) is 33.9 Å². The topological polar surface area (TPSA) is 79.7 Å². The molecule has 1 fully saturated rings. The Labute approximate surface area is 215 Å². The van der Waals surface area contributed by atoms with Crippen molar-refractivity contribution in [3.8, 4) is 5.75 Å². The number of benzene rings is 3. The van der Waals surface area contributed by atoms with Crippen LogP contribution < -0.4 is 4.74 Å². The normalized spacial score (nSPS) is 16.7. The summed E-state index contributed by atoms with van der Waals surface area (Å²) >= 11 is 0. The summed E-state index contributed by atoms with van der Waals surface area (Å²) in [6.45, 7) is 2.64. The number of likely N-dealkylation sites (tertiary alicyclic amines) is 1. The number of hydrogen-bond donors (Lipinski definition) is 1. The van der Waals surface area contributed by atoms with Gasteiger partial charge in [0.1, 0.15) is 18.1 Å². The van der Waals surface area contributed by atoms with E-state index in [0.717, 1.165) is 22.3 Å². The number of aliphatic hydroxyl groups is 1. The fraction of sp³-hybridized carbons (Fsp3) is 0.129. The highest BCUT2D eigenvalue weighted by molar-refractivity contribution is 6.46. The van der Waals surface area contributed by atoms with Crippen molar-refractivity contribution in [3.63, 3.8) is 0 Å². The summed E-state index contributed by atoms with van der Waals surface area (Å²) in [7, 11) is 0. The molecular weight excluding hydrogens is 464 g/mol. The van der Waals surface area contributed by atoms with Crippen LogP contribution in [0.3, 0.4) is 0 Å². The molecule has 6 heteroatoms. The number of carbonyl (C=O) groups excluding carboxylic acids is 2. The van der Waals surface area contributed by atoms with E-state index in [0.29, 0.717) is 17.9 Å². The predicted octanol–water partition coefficient (Wildman–Crippen LogP) is 5.59. The molecule has 0 radical (unpaired) electrons. The maximum absolute atomic E-state index is 13.2. The quantitative estimate of drug-likeness (QED) is 0.208. The van der Waals surface area contributed by atoms with Gasteiger partial charge in [-0.15, -0.1) is 0 Å². The van der Waals surface area contributed by atoms with Gasteiger partial charge >= 0.3 is 0 Å². The van der Waals surface area contributed by atoms with Gasteiger partial charge in [-0.05, 0) is 53.9 Å². The molecule has 1 aliphatic rings. The van der Waals surface area contributed by atoms with Crippen LogP contribution in [0.5, 0.6) is 5.75 Å². The van der Waals surface area contributed by atoms with Crippen molar-refractivity contribution in [1.82, 2.24) is 9.88 Å². The number of hydrogen-bond acceptors (Lipinski definition) is 5. The number of amides is 1. The van der Waals surface area contributed by atoms with Crippen molar-refractivity contribution in [1.29, 1.82) is 0 Å². The molecule has 0 spiro atoms. The van der Waals surface area contributed by atoms with Gasteiger partial charge in [-0.3, -0.25) is 14.6 Å². The summed E-state index contributed by atoms with van der Waals surface area (Å²) in [4.78, 5) is 31.9. The zero-order chi connectivity index (χ0) is 25.8. The first-order valence-electron chi connectivity index (χ1n) is 12.0. The third kappa shape index (κ3) is 5.14. The van der Waals surface area contributed by atoms with E-state index in [1.165, 1.54) is 4.90 Å². The van der Waals surface area contributed by atoms with Gasteiger partial charge in [0.2, 0.25) is 0 Å². The summed E-state index contributed by atoms with van der Waals surface area (Å²) < 4.78 is 5.89. The van der Waals surface area contributed by atoms with Gasteiger partial charge in [-0.2, -0.15) is 0 Å². The Morgan fingerprint density at radius 2 is 1.68 bits per heavy atom. The summed E-state index contributed by atoms with van der Waals surface area (Å²) in [5.41, 5.74) is 4.25. The first kappa shape index (κ1) is 24.0. The molecule has 37 heavy (non-hydrogen) atoms. The van der Waals surface area contributed by atoms with Gasteiger partial charge in [-0.1, -0.05) is 66.2 Å². The lowest BCUT2D eigenvalue weighted by Crippen LogP contribution is -2.29. The largest absolute Gasteiger partial charge is 0.507 e. The van der Waals surface area contributed by atoms with Gasteiger partial charge in [-0.25, -0.2) is 0 Å². The minimum atomic E-state index is -0.723. The summed E-state index contributed by atoms with van der Waals surface area (Å²) in [5, 5.41) is 11.3. The van der Waals surface area contributed by atoms with Gasteiger partial charge in [0.05, 0.1) is 11.6 Å². The van der Waals surface area contributed by atoms with Crippen LogP contribution in [-0.4, -0.2) is 26.7 Å². The number of ether oxygens (including phenoxy) is 1. The van der Waals surface area contributed by atoms with Crippen molar-refractivity contribution in [2.75, 3.05) is 0 Å². The molecule has 5 rings (SSSR count). The van der Waals surface area contributed by atoms with E-state index in [-0.39, 0.29) is 17.9 Å². The number of carbonyl (C=O) groups is 2.